The predicted molar refractivity (Wildman–Crippen MR) is 445 cm³/mol. The third-order valence-corrected chi connectivity index (χ3v) is 18.8. The number of phosphoric acid groups is 2. The van der Waals surface area contributed by atoms with E-state index < -0.39 is 91.5 Å². The van der Waals surface area contributed by atoms with Gasteiger partial charge in [-0.15, -0.1) is 0 Å². The average Bonchev–Trinajstić information content (AvgIpc) is 0.923. The Morgan fingerprint density at radius 1 is 0.271 bits per heavy atom. The third-order valence-electron chi connectivity index (χ3n) is 16.9. The van der Waals surface area contributed by atoms with Crippen LogP contribution in [-0.4, -0.2) is 95.9 Å². The summed E-state index contributed by atoms with van der Waals surface area (Å²) in [5.41, 5.74) is 0. The highest BCUT2D eigenvalue weighted by Gasteiger charge is 2.29. The molecule has 0 saturated carbocycles. The molecule has 0 aromatic heterocycles. The fraction of sp³-hybridized carbons (Fsp3) is 0.652. The first-order valence-corrected chi connectivity index (χ1v) is 44.4. The minimum atomic E-state index is -4.96. The minimum Gasteiger partial charge on any atom is -0.463 e. The molecule has 0 aromatic carbocycles. The zero-order valence-corrected chi connectivity index (χ0v) is 68.5. The van der Waals surface area contributed by atoms with E-state index >= 15 is 0 Å². The van der Waals surface area contributed by atoms with E-state index in [-0.39, 0.29) is 19.3 Å². The number of ether oxygens (including phenoxy) is 3. The Kier molecular flexibility index (Phi) is 76.6. The molecule has 0 heterocycles. The lowest BCUT2D eigenvalue weighted by molar-refractivity contribution is -0.161. The summed E-state index contributed by atoms with van der Waals surface area (Å²) >= 11 is 0. The highest BCUT2D eigenvalue weighted by Crippen LogP contribution is 2.45. The van der Waals surface area contributed by atoms with Crippen molar-refractivity contribution in [2.24, 2.45) is 0 Å². The Morgan fingerprint density at radius 2 is 0.505 bits per heavy atom. The van der Waals surface area contributed by atoms with Crippen LogP contribution < -0.4 is 0 Å². The average molecular weight is 1540 g/mol. The number of unbranched alkanes of at least 4 members (excludes halogenated alkanes) is 26. The van der Waals surface area contributed by atoms with Gasteiger partial charge >= 0.3 is 33.6 Å². The first kappa shape index (κ1) is 102. The predicted octanol–water partition coefficient (Wildman–Crippen LogP) is 24.8. The number of aliphatic hydroxyl groups excluding tert-OH is 2. The number of phosphoric ester groups is 2. The summed E-state index contributed by atoms with van der Waals surface area (Å²) in [4.78, 5) is 58.6. The van der Waals surface area contributed by atoms with Crippen molar-refractivity contribution < 1.29 is 75.8 Å². The molecule has 610 valence electrons. The molecule has 18 heteroatoms. The molecule has 0 rings (SSSR count). The van der Waals surface area contributed by atoms with E-state index in [1.807, 2.05) is 12.2 Å². The van der Waals surface area contributed by atoms with Crippen LogP contribution in [0.1, 0.15) is 316 Å². The SMILES string of the molecule is CC/C=C\C/C=C\C/C=C\C/C=C\C/C=C\CCCCCC(=O)OCC(COP(=O)(O)OCC(O)COP(=O)(O)OCC(O)COC(=O)CCCCCCCCCCCCCCCCCCCCC/C=C\C/C=C\C/C=C\C/C=C\CCCCC)OC(=O)CCC/C=C\C/C=C\C/C=C\C/C=C\C/C=C\CC. The molecule has 0 aliphatic heterocycles. The van der Waals surface area contributed by atoms with E-state index in [2.05, 4.69) is 179 Å². The maximum atomic E-state index is 12.9. The summed E-state index contributed by atoms with van der Waals surface area (Å²) < 4.78 is 61.1. The first-order chi connectivity index (χ1) is 52.2. The van der Waals surface area contributed by atoms with Gasteiger partial charge in [0.05, 0.1) is 26.4 Å². The number of hydrogen-bond acceptors (Lipinski definition) is 14. The van der Waals surface area contributed by atoms with Crippen molar-refractivity contribution in [3.8, 4) is 0 Å². The smallest absolute Gasteiger partial charge is 0.463 e. The first-order valence-electron chi connectivity index (χ1n) is 41.4. The van der Waals surface area contributed by atoms with Crippen molar-refractivity contribution >= 4 is 33.6 Å². The van der Waals surface area contributed by atoms with Crippen LogP contribution in [0.15, 0.2) is 170 Å². The van der Waals surface area contributed by atoms with Crippen molar-refractivity contribution in [1.82, 2.24) is 0 Å². The van der Waals surface area contributed by atoms with Crippen molar-refractivity contribution in [1.29, 1.82) is 0 Å². The van der Waals surface area contributed by atoms with E-state index in [0.717, 1.165) is 122 Å². The van der Waals surface area contributed by atoms with E-state index in [4.69, 9.17) is 32.3 Å². The van der Waals surface area contributed by atoms with Crippen molar-refractivity contribution in [3.63, 3.8) is 0 Å². The number of rotatable bonds is 77. The van der Waals surface area contributed by atoms with Crippen LogP contribution in [0.2, 0.25) is 0 Å². The lowest BCUT2D eigenvalue weighted by Gasteiger charge is -2.21. The highest BCUT2D eigenvalue weighted by atomic mass is 31.2. The molecule has 0 bridgehead atoms. The van der Waals surface area contributed by atoms with Crippen LogP contribution in [-0.2, 0) is 55.8 Å². The lowest BCUT2D eigenvalue weighted by atomic mass is 10.0. The fourth-order valence-corrected chi connectivity index (χ4v) is 12.3. The second-order valence-corrected chi connectivity index (χ2v) is 30.1. The van der Waals surface area contributed by atoms with E-state index in [9.17, 15) is 43.5 Å². The molecule has 0 aliphatic carbocycles. The zero-order chi connectivity index (χ0) is 78.0. The standard InChI is InChI=1S/C89H148O16P2/c1-4-7-10-13-16-19-22-25-28-31-33-34-35-36-37-38-39-40-41-42-43-44-45-46-47-48-50-53-54-57-60-63-66-69-72-75-87(92)99-78-84(90)79-101-106(95,96)102-80-85(91)81-103-107(97,98)104-83-86(105-89(94)77-74-71-68-65-62-59-56-51-30-27-24-21-18-15-12-9-6-3)82-100-88(93)76-73-70-67-64-61-58-55-52-49-32-29-26-23-20-17-14-11-8-5-2/h8-9,11-12,16-21,25-30,33-34,36-37,49,52,56,58-59,61,65,68,84-86,90-91H,4-7,10,13-15,22-24,31-32,35,38-48,50-51,53-55,57,60,62-64,66-67,69-83H2,1-3H3,(H,95,96)(H,97,98)/b11-8-,12-9-,19-16-,20-17-,21-18-,28-25-,29-26-,30-27-,34-33-,37-36-,52-49-,59-56-,61-58-,68-65-. The van der Waals surface area contributed by atoms with E-state index in [1.54, 1.807) is 0 Å². The van der Waals surface area contributed by atoms with Gasteiger partial charge in [0.2, 0.25) is 0 Å². The molecule has 0 spiro atoms. The molecule has 0 aliphatic rings. The van der Waals surface area contributed by atoms with Crippen LogP contribution >= 0.6 is 15.6 Å². The summed E-state index contributed by atoms with van der Waals surface area (Å²) in [5, 5.41) is 20.7. The largest absolute Gasteiger partial charge is 0.472 e. The van der Waals surface area contributed by atoms with Crippen LogP contribution in [0, 0.1) is 0 Å². The number of carbonyl (C=O) groups is 3. The second kappa shape index (κ2) is 80.4. The highest BCUT2D eigenvalue weighted by molar-refractivity contribution is 7.47. The quantitative estimate of drug-likeness (QED) is 0.0146. The molecular formula is C89H148O16P2. The molecule has 0 fully saturated rings. The summed E-state index contributed by atoms with van der Waals surface area (Å²) in [7, 11) is -9.83. The number of allylic oxidation sites excluding steroid dienone is 28. The summed E-state index contributed by atoms with van der Waals surface area (Å²) in [5.74, 6) is -1.69. The Bertz CT molecular complexity index is 2620. The molecule has 107 heavy (non-hydrogen) atoms. The van der Waals surface area contributed by atoms with Gasteiger partial charge in [0.1, 0.15) is 25.4 Å². The molecule has 0 aromatic rings. The maximum absolute atomic E-state index is 12.9. The van der Waals surface area contributed by atoms with E-state index in [1.165, 1.54) is 128 Å². The van der Waals surface area contributed by atoms with Gasteiger partial charge in [0, 0.05) is 19.3 Å². The van der Waals surface area contributed by atoms with Gasteiger partial charge in [0.25, 0.3) is 0 Å². The fourth-order valence-electron chi connectivity index (χ4n) is 10.7. The van der Waals surface area contributed by atoms with Gasteiger partial charge < -0.3 is 34.2 Å². The molecule has 16 nitrogen and oxygen atoms in total. The summed E-state index contributed by atoms with van der Waals surface area (Å²) in [6, 6.07) is 0. The zero-order valence-electron chi connectivity index (χ0n) is 66.7. The van der Waals surface area contributed by atoms with E-state index in [0.29, 0.717) is 25.7 Å². The molecule has 0 amide bonds. The molecule has 5 atom stereocenters. The van der Waals surface area contributed by atoms with Crippen LogP contribution in [0.5, 0.6) is 0 Å². The maximum Gasteiger partial charge on any atom is 0.472 e. The molecule has 5 unspecified atom stereocenters. The molecule has 4 N–H and O–H groups in total. The van der Waals surface area contributed by atoms with Crippen molar-refractivity contribution in [2.45, 2.75) is 334 Å². The number of carbonyl (C=O) groups excluding carboxylic acids is 3. The second-order valence-electron chi connectivity index (χ2n) is 27.2. The van der Waals surface area contributed by atoms with Crippen LogP contribution in [0.4, 0.5) is 0 Å². The number of esters is 3. The number of hydrogen-bond donors (Lipinski definition) is 4. The van der Waals surface area contributed by atoms with Crippen LogP contribution in [0.25, 0.3) is 0 Å². The normalized spacial score (nSPS) is 14.8. The Balaban J connectivity index is 4.49. The monoisotopic (exact) mass is 1540 g/mol. The van der Waals surface area contributed by atoms with Gasteiger partial charge in [-0.05, 0) is 148 Å². The molecular weight excluding hydrogens is 1390 g/mol. The van der Waals surface area contributed by atoms with Gasteiger partial charge in [-0.1, -0.05) is 319 Å². The topological polar surface area (TPSA) is 231 Å². The van der Waals surface area contributed by atoms with Crippen molar-refractivity contribution in [3.05, 3.63) is 170 Å². The van der Waals surface area contributed by atoms with Gasteiger partial charge in [0.15, 0.2) is 6.10 Å². The Hall–Kier alpha value is -5.09. The summed E-state index contributed by atoms with van der Waals surface area (Å²) in [6.45, 7) is 2.31. The lowest BCUT2D eigenvalue weighted by Crippen LogP contribution is -2.30. The molecule has 0 saturated heterocycles. The molecule has 0 radical (unpaired) electrons. The van der Waals surface area contributed by atoms with Gasteiger partial charge in [-0.3, -0.25) is 32.5 Å². The van der Waals surface area contributed by atoms with Gasteiger partial charge in [-0.25, -0.2) is 9.13 Å². The Labute approximate surface area is 650 Å². The van der Waals surface area contributed by atoms with Gasteiger partial charge in [-0.2, -0.15) is 0 Å². The Morgan fingerprint density at radius 3 is 0.822 bits per heavy atom. The third kappa shape index (κ3) is 81.7. The van der Waals surface area contributed by atoms with Crippen LogP contribution in [0.3, 0.4) is 0 Å². The van der Waals surface area contributed by atoms with Crippen molar-refractivity contribution in [2.75, 3.05) is 39.6 Å². The number of aliphatic hydroxyl groups is 2. The summed E-state index contributed by atoms with van der Waals surface area (Å²) in [6.07, 6.45) is 103. The minimum absolute atomic E-state index is 0.0128.